The van der Waals surface area contributed by atoms with Gasteiger partial charge >= 0.3 is 0 Å². The molecule has 0 aromatic heterocycles. The average molecular weight is 257 g/mol. The van der Waals surface area contributed by atoms with Crippen molar-refractivity contribution in [2.24, 2.45) is 17.8 Å². The van der Waals surface area contributed by atoms with Gasteiger partial charge in [-0.3, -0.25) is 4.90 Å². The second kappa shape index (κ2) is 10.8. The largest absolute Gasteiger partial charge is 0.379 e. The first-order valence-corrected chi connectivity index (χ1v) is 7.71. The Kier molecular flexibility index (Phi) is 10.8. The minimum Gasteiger partial charge on any atom is -0.379 e. The summed E-state index contributed by atoms with van der Waals surface area (Å²) in [4.78, 5) is 2.49. The lowest BCUT2D eigenvalue weighted by Gasteiger charge is -2.26. The van der Waals surface area contributed by atoms with Crippen molar-refractivity contribution in [1.82, 2.24) is 4.90 Å². The molecule has 1 aliphatic heterocycles. The topological polar surface area (TPSA) is 12.5 Å². The van der Waals surface area contributed by atoms with Gasteiger partial charge in [-0.05, 0) is 37.1 Å². The molecule has 0 aliphatic carbocycles. The molecule has 1 saturated heterocycles. The van der Waals surface area contributed by atoms with E-state index in [2.05, 4.69) is 46.4 Å². The molecule has 0 spiro atoms. The molecular formula is C16H35NO. The third-order valence-electron chi connectivity index (χ3n) is 3.07. The van der Waals surface area contributed by atoms with E-state index in [1.165, 1.54) is 19.4 Å². The van der Waals surface area contributed by atoms with Crippen LogP contribution in [-0.4, -0.2) is 37.7 Å². The van der Waals surface area contributed by atoms with Crippen LogP contribution in [0.1, 0.15) is 54.4 Å². The van der Waals surface area contributed by atoms with Crippen LogP contribution in [0.25, 0.3) is 0 Å². The van der Waals surface area contributed by atoms with Gasteiger partial charge in [-0.15, -0.1) is 0 Å². The van der Waals surface area contributed by atoms with Crippen molar-refractivity contribution in [3.8, 4) is 0 Å². The van der Waals surface area contributed by atoms with E-state index in [4.69, 9.17) is 4.74 Å². The van der Waals surface area contributed by atoms with Gasteiger partial charge in [-0.1, -0.05) is 41.5 Å². The molecule has 0 unspecified atom stereocenters. The zero-order chi connectivity index (χ0) is 14.0. The molecule has 1 heterocycles. The lowest BCUT2D eigenvalue weighted by molar-refractivity contribution is 0.0360. The van der Waals surface area contributed by atoms with Gasteiger partial charge in [0, 0.05) is 13.1 Å². The quantitative estimate of drug-likeness (QED) is 0.736. The van der Waals surface area contributed by atoms with Gasteiger partial charge in [0.15, 0.2) is 0 Å². The van der Waals surface area contributed by atoms with E-state index >= 15 is 0 Å². The summed E-state index contributed by atoms with van der Waals surface area (Å²) in [5, 5.41) is 0. The Morgan fingerprint density at radius 3 is 1.67 bits per heavy atom. The maximum atomic E-state index is 5.26. The molecule has 18 heavy (non-hydrogen) atoms. The highest BCUT2D eigenvalue weighted by Gasteiger charge is 2.09. The van der Waals surface area contributed by atoms with E-state index in [1.807, 2.05) is 0 Å². The molecule has 0 atom stereocenters. The number of nitrogens with zero attached hydrogens (tertiary/aromatic N) is 1. The summed E-state index contributed by atoms with van der Waals surface area (Å²) in [5.41, 5.74) is 0. The van der Waals surface area contributed by atoms with Crippen molar-refractivity contribution in [2.75, 3.05) is 32.8 Å². The van der Waals surface area contributed by atoms with Gasteiger partial charge in [0.2, 0.25) is 0 Å². The highest BCUT2D eigenvalue weighted by molar-refractivity contribution is 4.62. The monoisotopic (exact) mass is 257 g/mol. The fourth-order valence-electron chi connectivity index (χ4n) is 2.21. The summed E-state index contributed by atoms with van der Waals surface area (Å²) in [7, 11) is 0. The normalized spacial score (nSPS) is 17.2. The number of hydrogen-bond donors (Lipinski definition) is 0. The third kappa shape index (κ3) is 12.4. The van der Waals surface area contributed by atoms with E-state index in [0.29, 0.717) is 0 Å². The Morgan fingerprint density at radius 1 is 0.833 bits per heavy atom. The zero-order valence-corrected chi connectivity index (χ0v) is 13.5. The molecule has 1 rings (SSSR count). The molecule has 0 aromatic rings. The molecule has 0 N–H and O–H groups in total. The smallest absolute Gasteiger partial charge is 0.0594 e. The second-order valence-electron chi connectivity index (χ2n) is 6.66. The van der Waals surface area contributed by atoms with E-state index in [9.17, 15) is 0 Å². The van der Waals surface area contributed by atoms with E-state index in [-0.39, 0.29) is 0 Å². The molecular weight excluding hydrogens is 222 g/mol. The van der Waals surface area contributed by atoms with Crippen LogP contribution >= 0.6 is 0 Å². The second-order valence-corrected chi connectivity index (χ2v) is 6.66. The Hall–Kier alpha value is -0.0800. The first kappa shape index (κ1) is 17.9. The molecule has 2 heteroatoms. The Morgan fingerprint density at radius 2 is 1.33 bits per heavy atom. The van der Waals surface area contributed by atoms with Gasteiger partial charge < -0.3 is 4.74 Å². The van der Waals surface area contributed by atoms with Crippen LogP contribution in [-0.2, 0) is 4.74 Å². The predicted octanol–water partition coefficient (Wildman–Crippen LogP) is 4.05. The van der Waals surface area contributed by atoms with E-state index in [1.54, 1.807) is 0 Å². The molecule has 0 saturated carbocycles. The van der Waals surface area contributed by atoms with Crippen molar-refractivity contribution in [1.29, 1.82) is 0 Å². The highest BCUT2D eigenvalue weighted by Crippen LogP contribution is 2.08. The molecule has 2 nitrogen and oxygen atoms in total. The third-order valence-corrected chi connectivity index (χ3v) is 3.07. The average Bonchev–Trinajstić information content (AvgIpc) is 2.26. The molecule has 0 bridgehead atoms. The first-order valence-electron chi connectivity index (χ1n) is 7.71. The fraction of sp³-hybridized carbons (Fsp3) is 1.00. The summed E-state index contributed by atoms with van der Waals surface area (Å²) >= 11 is 0. The lowest BCUT2D eigenvalue weighted by atomic mass is 10.0. The van der Waals surface area contributed by atoms with Crippen LogP contribution in [0.5, 0.6) is 0 Å². The van der Waals surface area contributed by atoms with Gasteiger partial charge in [0.25, 0.3) is 0 Å². The Bertz CT molecular complexity index is 166. The molecule has 0 radical (unpaired) electrons. The SMILES string of the molecule is CC(C)CC(C)C.CC(C)CCN1CCOCC1. The van der Waals surface area contributed by atoms with Gasteiger partial charge in [0.1, 0.15) is 0 Å². The van der Waals surface area contributed by atoms with Crippen LogP contribution < -0.4 is 0 Å². The minimum atomic E-state index is 0.831. The molecule has 1 fully saturated rings. The highest BCUT2D eigenvalue weighted by atomic mass is 16.5. The lowest BCUT2D eigenvalue weighted by Crippen LogP contribution is -2.37. The van der Waals surface area contributed by atoms with E-state index in [0.717, 1.165) is 44.1 Å². The molecule has 1 aliphatic rings. The van der Waals surface area contributed by atoms with Crippen molar-refractivity contribution in [3.05, 3.63) is 0 Å². The molecule has 110 valence electrons. The van der Waals surface area contributed by atoms with Crippen LogP contribution in [0, 0.1) is 17.8 Å². The number of rotatable bonds is 5. The first-order chi connectivity index (χ1) is 8.41. The summed E-state index contributed by atoms with van der Waals surface area (Å²) in [6.07, 6.45) is 2.68. The van der Waals surface area contributed by atoms with Crippen molar-refractivity contribution < 1.29 is 4.74 Å². The van der Waals surface area contributed by atoms with Crippen LogP contribution in [0.15, 0.2) is 0 Å². The van der Waals surface area contributed by atoms with Crippen LogP contribution in [0.2, 0.25) is 0 Å². The van der Waals surface area contributed by atoms with Gasteiger partial charge in [-0.25, -0.2) is 0 Å². The fourth-order valence-corrected chi connectivity index (χ4v) is 2.21. The van der Waals surface area contributed by atoms with Crippen molar-refractivity contribution in [2.45, 2.75) is 54.4 Å². The number of ether oxygens (including phenoxy) is 1. The van der Waals surface area contributed by atoms with Crippen LogP contribution in [0.4, 0.5) is 0 Å². The maximum Gasteiger partial charge on any atom is 0.0594 e. The summed E-state index contributed by atoms with van der Waals surface area (Å²) in [6, 6.07) is 0. The van der Waals surface area contributed by atoms with Gasteiger partial charge in [0.05, 0.1) is 13.2 Å². The number of hydrogen-bond acceptors (Lipinski definition) is 2. The van der Waals surface area contributed by atoms with Crippen LogP contribution in [0.3, 0.4) is 0 Å². The summed E-state index contributed by atoms with van der Waals surface area (Å²) in [6.45, 7) is 19.0. The summed E-state index contributed by atoms with van der Waals surface area (Å²) in [5.74, 6) is 2.58. The standard InChI is InChI=1S/C9H19NO.C7H16/c1-9(2)3-4-10-5-7-11-8-6-10;1-6(2)5-7(3)4/h9H,3-8H2,1-2H3;6-7H,5H2,1-4H3. The van der Waals surface area contributed by atoms with Gasteiger partial charge in [-0.2, -0.15) is 0 Å². The maximum absolute atomic E-state index is 5.26. The van der Waals surface area contributed by atoms with E-state index < -0.39 is 0 Å². The minimum absolute atomic E-state index is 0.831. The zero-order valence-electron chi connectivity index (χ0n) is 13.5. The van der Waals surface area contributed by atoms with Crippen molar-refractivity contribution >= 4 is 0 Å². The Balaban J connectivity index is 0.000000360. The summed E-state index contributed by atoms with van der Waals surface area (Å²) < 4.78 is 5.26. The molecule has 0 amide bonds. The number of morpholine rings is 1. The Labute approximate surface area is 115 Å². The van der Waals surface area contributed by atoms with Crippen molar-refractivity contribution in [3.63, 3.8) is 0 Å². The molecule has 0 aromatic carbocycles. The predicted molar refractivity (Wildman–Crippen MR) is 81.0 cm³/mol.